The van der Waals surface area contributed by atoms with Crippen LogP contribution in [0.5, 0.6) is 0 Å². The Morgan fingerprint density at radius 3 is 2.71 bits per heavy atom. The van der Waals surface area contributed by atoms with Crippen LogP contribution >= 0.6 is 11.8 Å². The summed E-state index contributed by atoms with van der Waals surface area (Å²) in [5.74, 6) is -0.740. The Kier molecular flexibility index (Phi) is 2.64. The molecule has 7 heteroatoms. The van der Waals surface area contributed by atoms with Crippen molar-refractivity contribution in [1.29, 1.82) is 0 Å². The summed E-state index contributed by atoms with van der Waals surface area (Å²) in [5.41, 5.74) is 0. The van der Waals surface area contributed by atoms with Gasteiger partial charge in [0, 0.05) is 0 Å². The van der Waals surface area contributed by atoms with Gasteiger partial charge in [0.15, 0.2) is 12.1 Å². The number of ether oxygens (including phenoxy) is 4. The fourth-order valence-electron chi connectivity index (χ4n) is 2.33. The van der Waals surface area contributed by atoms with E-state index in [2.05, 4.69) is 0 Å². The van der Waals surface area contributed by atoms with Gasteiger partial charge in [0.1, 0.15) is 24.9 Å². The number of hydrogen-bond donors (Lipinski definition) is 1. The monoisotopic (exact) mass is 262 g/mol. The molecular weight excluding hydrogens is 248 g/mol. The molecule has 3 fully saturated rings. The fourth-order valence-corrected chi connectivity index (χ4v) is 3.21. The van der Waals surface area contributed by atoms with Crippen LogP contribution in [0.4, 0.5) is 4.79 Å². The van der Waals surface area contributed by atoms with Gasteiger partial charge in [0.2, 0.25) is 0 Å². The SMILES string of the molecule is CC1(C)O[C@H]2O[C@H]([C@H]3COC(=O)S3)[C@H](O)[C@H]2O1. The van der Waals surface area contributed by atoms with Crippen LogP contribution in [0, 0.1) is 0 Å². The molecule has 0 bridgehead atoms. The minimum Gasteiger partial charge on any atom is -0.456 e. The Morgan fingerprint density at radius 1 is 1.35 bits per heavy atom. The second kappa shape index (κ2) is 3.83. The standard InChI is InChI=1S/C10H14O6S/c1-10(2)15-7-5(11)6(14-8(7)16-10)4-3-13-9(12)17-4/h4-8,11H,3H2,1-2H3/t4-,5+,6-,7-,8-/m1/s1. The average molecular weight is 262 g/mol. The summed E-state index contributed by atoms with van der Waals surface area (Å²) in [7, 11) is 0. The molecular formula is C10H14O6S. The first kappa shape index (κ1) is 11.7. The number of cyclic esters (lactones) is 1. The molecule has 3 rings (SSSR count). The van der Waals surface area contributed by atoms with Crippen molar-refractivity contribution in [2.75, 3.05) is 6.61 Å². The van der Waals surface area contributed by atoms with Crippen LogP contribution in [-0.2, 0) is 18.9 Å². The number of aliphatic hydroxyl groups is 1. The van der Waals surface area contributed by atoms with Gasteiger partial charge in [-0.2, -0.15) is 0 Å². The first-order valence-corrected chi connectivity index (χ1v) is 6.37. The summed E-state index contributed by atoms with van der Waals surface area (Å²) < 4.78 is 21.5. The molecule has 0 aliphatic carbocycles. The molecule has 3 saturated heterocycles. The van der Waals surface area contributed by atoms with E-state index in [1.54, 1.807) is 13.8 Å². The van der Waals surface area contributed by atoms with Gasteiger partial charge in [0.05, 0.1) is 5.25 Å². The lowest BCUT2D eigenvalue weighted by Crippen LogP contribution is -2.40. The molecule has 0 aromatic heterocycles. The van der Waals surface area contributed by atoms with Crippen molar-refractivity contribution in [1.82, 2.24) is 0 Å². The predicted octanol–water partition coefficient (Wildman–Crippen LogP) is 0.476. The van der Waals surface area contributed by atoms with Crippen LogP contribution in [0.3, 0.4) is 0 Å². The number of fused-ring (bicyclic) bond motifs is 1. The summed E-state index contributed by atoms with van der Waals surface area (Å²) in [5, 5.41) is 9.60. The Hall–Kier alpha value is -0.340. The van der Waals surface area contributed by atoms with Crippen molar-refractivity contribution in [3.05, 3.63) is 0 Å². The minimum absolute atomic E-state index is 0.196. The highest BCUT2D eigenvalue weighted by Gasteiger charge is 2.57. The maximum atomic E-state index is 11.0. The summed E-state index contributed by atoms with van der Waals surface area (Å²) in [4.78, 5) is 11.0. The largest absolute Gasteiger partial charge is 0.456 e. The lowest BCUT2D eigenvalue weighted by molar-refractivity contribution is -0.214. The van der Waals surface area contributed by atoms with E-state index in [1.807, 2.05) is 0 Å². The van der Waals surface area contributed by atoms with E-state index in [-0.39, 0.29) is 17.2 Å². The second-order valence-corrected chi connectivity index (χ2v) is 5.95. The zero-order valence-corrected chi connectivity index (χ0v) is 10.3. The highest BCUT2D eigenvalue weighted by atomic mass is 32.2. The van der Waals surface area contributed by atoms with Crippen LogP contribution in [0.1, 0.15) is 13.8 Å². The van der Waals surface area contributed by atoms with Crippen LogP contribution in [-0.4, -0.2) is 52.7 Å². The molecule has 0 unspecified atom stereocenters. The van der Waals surface area contributed by atoms with Crippen molar-refractivity contribution in [3.63, 3.8) is 0 Å². The summed E-state index contributed by atoms with van der Waals surface area (Å²) in [6.07, 6.45) is -2.35. The lowest BCUT2D eigenvalue weighted by Gasteiger charge is -2.24. The molecule has 0 amide bonds. The lowest BCUT2D eigenvalue weighted by atomic mass is 10.1. The van der Waals surface area contributed by atoms with Crippen LogP contribution < -0.4 is 0 Å². The predicted molar refractivity (Wildman–Crippen MR) is 57.4 cm³/mol. The third-order valence-electron chi connectivity index (χ3n) is 3.03. The minimum atomic E-state index is -0.797. The smallest absolute Gasteiger partial charge is 0.367 e. The van der Waals surface area contributed by atoms with Crippen molar-refractivity contribution in [3.8, 4) is 0 Å². The van der Waals surface area contributed by atoms with Crippen molar-refractivity contribution in [2.45, 2.75) is 49.5 Å². The summed E-state index contributed by atoms with van der Waals surface area (Å²) >= 11 is 1.05. The fraction of sp³-hybridized carbons (Fsp3) is 0.900. The Morgan fingerprint density at radius 2 is 2.12 bits per heavy atom. The van der Waals surface area contributed by atoms with Crippen LogP contribution in [0.2, 0.25) is 0 Å². The molecule has 3 heterocycles. The molecule has 6 nitrogen and oxygen atoms in total. The van der Waals surface area contributed by atoms with Crippen molar-refractivity contribution in [2.24, 2.45) is 0 Å². The Bertz CT molecular complexity index is 346. The van der Waals surface area contributed by atoms with E-state index in [0.717, 1.165) is 11.8 Å². The van der Waals surface area contributed by atoms with Gasteiger partial charge in [-0.25, -0.2) is 4.79 Å². The van der Waals surface area contributed by atoms with Gasteiger partial charge in [0.25, 0.3) is 0 Å². The quantitative estimate of drug-likeness (QED) is 0.689. The molecule has 0 saturated carbocycles. The molecule has 3 aliphatic rings. The first-order chi connectivity index (χ1) is 7.96. The van der Waals surface area contributed by atoms with E-state index in [1.165, 1.54) is 0 Å². The third kappa shape index (κ3) is 1.96. The normalized spacial score (nSPS) is 48.2. The zero-order valence-electron chi connectivity index (χ0n) is 9.49. The Labute approximate surface area is 103 Å². The van der Waals surface area contributed by atoms with Gasteiger partial charge in [-0.15, -0.1) is 0 Å². The highest BCUT2D eigenvalue weighted by Crippen LogP contribution is 2.41. The molecule has 0 aromatic carbocycles. The average Bonchev–Trinajstić information content (AvgIpc) is 2.83. The van der Waals surface area contributed by atoms with E-state index in [9.17, 15) is 9.90 Å². The van der Waals surface area contributed by atoms with Gasteiger partial charge < -0.3 is 24.1 Å². The van der Waals surface area contributed by atoms with Crippen molar-refractivity contribution < 1.29 is 28.8 Å². The summed E-state index contributed by atoms with van der Waals surface area (Å²) in [6.45, 7) is 3.80. The van der Waals surface area contributed by atoms with Gasteiger partial charge in [-0.05, 0) is 25.6 Å². The molecule has 5 atom stereocenters. The number of carbonyl (C=O) groups excluding carboxylic acids is 1. The van der Waals surface area contributed by atoms with E-state index in [0.29, 0.717) is 0 Å². The Balaban J connectivity index is 1.70. The molecule has 0 aromatic rings. The molecule has 17 heavy (non-hydrogen) atoms. The van der Waals surface area contributed by atoms with Gasteiger partial charge in [-0.1, -0.05) is 0 Å². The number of aliphatic hydroxyl groups excluding tert-OH is 1. The molecule has 96 valence electrons. The van der Waals surface area contributed by atoms with Gasteiger partial charge in [-0.3, -0.25) is 0 Å². The number of rotatable bonds is 1. The third-order valence-corrected chi connectivity index (χ3v) is 4.05. The molecule has 1 N–H and O–H groups in total. The van der Waals surface area contributed by atoms with Crippen LogP contribution in [0.25, 0.3) is 0 Å². The van der Waals surface area contributed by atoms with E-state index < -0.39 is 30.4 Å². The van der Waals surface area contributed by atoms with E-state index >= 15 is 0 Å². The second-order valence-electron chi connectivity index (χ2n) is 4.78. The van der Waals surface area contributed by atoms with Crippen molar-refractivity contribution >= 4 is 17.1 Å². The number of carbonyl (C=O) groups is 1. The molecule has 3 aliphatic heterocycles. The van der Waals surface area contributed by atoms with Gasteiger partial charge >= 0.3 is 5.30 Å². The number of thioether (sulfide) groups is 1. The van der Waals surface area contributed by atoms with Crippen LogP contribution in [0.15, 0.2) is 0 Å². The maximum Gasteiger partial charge on any atom is 0.367 e. The summed E-state index contributed by atoms with van der Waals surface area (Å²) in [6, 6.07) is 0. The molecule has 0 spiro atoms. The maximum absolute atomic E-state index is 11.0. The van der Waals surface area contributed by atoms with E-state index in [4.69, 9.17) is 18.9 Å². The molecule has 0 radical (unpaired) electrons. The topological polar surface area (TPSA) is 74.2 Å². The highest BCUT2D eigenvalue weighted by molar-refractivity contribution is 8.14. The number of hydrogen-bond acceptors (Lipinski definition) is 7. The first-order valence-electron chi connectivity index (χ1n) is 5.49. The zero-order chi connectivity index (χ0) is 12.2.